The molecule has 1 aliphatic heterocycles. The molecule has 2 heterocycles. The van der Waals surface area contributed by atoms with Crippen molar-refractivity contribution in [3.8, 4) is 0 Å². The largest absolute Gasteiger partial charge is 0.451 e. The Morgan fingerprint density at radius 1 is 1.00 bits per heavy atom. The fraction of sp³-hybridized carbons (Fsp3) is 0.333. The van der Waals surface area contributed by atoms with Gasteiger partial charge in [-0.1, -0.05) is 0 Å². The molecular formula is C24H26N2O6S. The summed E-state index contributed by atoms with van der Waals surface area (Å²) in [7, 11) is -3.68. The summed E-state index contributed by atoms with van der Waals surface area (Å²) in [6, 6.07) is 10.5. The highest BCUT2D eigenvalue weighted by Crippen LogP contribution is 2.23. The normalized spacial score (nSPS) is 19.5. The van der Waals surface area contributed by atoms with Crippen LogP contribution in [0.2, 0.25) is 0 Å². The van der Waals surface area contributed by atoms with Crippen LogP contribution in [0.5, 0.6) is 0 Å². The lowest BCUT2D eigenvalue weighted by molar-refractivity contribution is -0.0440. The number of nitrogens with one attached hydrogen (secondary N) is 1. The third kappa shape index (κ3) is 4.71. The fourth-order valence-electron chi connectivity index (χ4n) is 3.90. The molecule has 2 unspecified atom stereocenters. The van der Waals surface area contributed by atoms with Crippen molar-refractivity contribution in [2.45, 2.75) is 44.8 Å². The standard InChI is InChI=1S/C24H26N2O6S/c1-14-9-20-21(27)11-23(32-22(20)10-15(14)2)24(28)25-18-5-7-19(8-6-18)33(29,30)26-12-16(3)31-17(4)13-26/h5-11,16-17H,12-13H2,1-4H3,(H,25,28). The number of fused-ring (bicyclic) bond motifs is 1. The highest BCUT2D eigenvalue weighted by molar-refractivity contribution is 7.89. The number of anilines is 1. The van der Waals surface area contributed by atoms with Crippen LogP contribution in [0, 0.1) is 13.8 Å². The molecule has 0 radical (unpaired) electrons. The van der Waals surface area contributed by atoms with E-state index in [9.17, 15) is 18.0 Å². The Kier molecular flexibility index (Phi) is 6.13. The van der Waals surface area contributed by atoms with Crippen LogP contribution < -0.4 is 10.7 Å². The minimum atomic E-state index is -3.68. The van der Waals surface area contributed by atoms with Crippen LogP contribution in [-0.4, -0.2) is 43.9 Å². The molecular weight excluding hydrogens is 444 g/mol. The zero-order valence-corrected chi connectivity index (χ0v) is 19.7. The number of carbonyl (C=O) groups is 1. The SMILES string of the molecule is Cc1cc2oc(C(=O)Nc3ccc(S(=O)(=O)N4CC(C)OC(C)C4)cc3)cc(=O)c2cc1C. The van der Waals surface area contributed by atoms with Crippen LogP contribution >= 0.6 is 0 Å². The summed E-state index contributed by atoms with van der Waals surface area (Å²) in [5.74, 6) is -0.720. The van der Waals surface area contributed by atoms with Crippen LogP contribution in [0.25, 0.3) is 11.0 Å². The van der Waals surface area contributed by atoms with Gasteiger partial charge in [-0.2, -0.15) is 4.31 Å². The zero-order valence-electron chi connectivity index (χ0n) is 18.9. The number of aryl methyl sites for hydroxylation is 2. The molecule has 2 atom stereocenters. The van der Waals surface area contributed by atoms with Crippen LogP contribution in [0.4, 0.5) is 5.69 Å². The molecule has 33 heavy (non-hydrogen) atoms. The fourth-order valence-corrected chi connectivity index (χ4v) is 5.49. The molecule has 4 rings (SSSR count). The van der Waals surface area contributed by atoms with Crippen LogP contribution in [0.1, 0.15) is 35.5 Å². The van der Waals surface area contributed by atoms with Crippen molar-refractivity contribution in [3.63, 3.8) is 0 Å². The summed E-state index contributed by atoms with van der Waals surface area (Å²) in [6.07, 6.45) is -0.377. The summed E-state index contributed by atoms with van der Waals surface area (Å²) >= 11 is 0. The van der Waals surface area contributed by atoms with Crippen LogP contribution in [-0.2, 0) is 14.8 Å². The average molecular weight is 471 g/mol. The number of benzene rings is 2. The highest BCUT2D eigenvalue weighted by Gasteiger charge is 2.32. The lowest BCUT2D eigenvalue weighted by Crippen LogP contribution is -2.48. The number of rotatable bonds is 4. The van der Waals surface area contributed by atoms with E-state index in [-0.39, 0.29) is 41.4 Å². The van der Waals surface area contributed by atoms with Crippen molar-refractivity contribution in [2.24, 2.45) is 0 Å². The first-order valence-corrected chi connectivity index (χ1v) is 12.1. The monoisotopic (exact) mass is 470 g/mol. The Morgan fingerprint density at radius 3 is 2.24 bits per heavy atom. The van der Waals surface area contributed by atoms with Crippen LogP contribution in [0.3, 0.4) is 0 Å². The smallest absolute Gasteiger partial charge is 0.291 e. The van der Waals surface area contributed by atoms with E-state index < -0.39 is 15.9 Å². The van der Waals surface area contributed by atoms with Gasteiger partial charge < -0.3 is 14.5 Å². The van der Waals surface area contributed by atoms with Crippen molar-refractivity contribution < 1.29 is 22.4 Å². The van der Waals surface area contributed by atoms with E-state index in [2.05, 4.69) is 5.32 Å². The van der Waals surface area contributed by atoms with Gasteiger partial charge >= 0.3 is 0 Å². The average Bonchev–Trinajstić information content (AvgIpc) is 2.74. The molecule has 1 amide bonds. The van der Waals surface area contributed by atoms with Gasteiger partial charge in [-0.05, 0) is 75.2 Å². The quantitative estimate of drug-likeness (QED) is 0.626. The van der Waals surface area contributed by atoms with E-state index in [1.165, 1.54) is 28.6 Å². The molecule has 1 aliphatic rings. The first-order valence-electron chi connectivity index (χ1n) is 10.7. The summed E-state index contributed by atoms with van der Waals surface area (Å²) in [6.45, 7) is 8.04. The molecule has 9 heteroatoms. The van der Waals surface area contributed by atoms with Gasteiger partial charge in [0.25, 0.3) is 5.91 Å². The molecule has 1 aromatic heterocycles. The molecule has 3 aromatic rings. The molecule has 174 valence electrons. The maximum absolute atomic E-state index is 13.0. The zero-order chi connectivity index (χ0) is 23.9. The number of sulfonamides is 1. The molecule has 2 aromatic carbocycles. The molecule has 1 saturated heterocycles. The van der Waals surface area contributed by atoms with Gasteiger partial charge in [-0.25, -0.2) is 8.42 Å². The molecule has 0 bridgehead atoms. The number of morpholine rings is 1. The number of hydrogen-bond acceptors (Lipinski definition) is 6. The van der Waals surface area contributed by atoms with Gasteiger partial charge in [-0.3, -0.25) is 9.59 Å². The van der Waals surface area contributed by atoms with Gasteiger partial charge in [0.2, 0.25) is 10.0 Å². The third-order valence-corrected chi connectivity index (χ3v) is 7.55. The van der Waals surface area contributed by atoms with Crippen LogP contribution in [0.15, 0.2) is 56.6 Å². The Labute approximate surface area is 192 Å². The second kappa shape index (κ2) is 8.74. The number of amides is 1. The lowest BCUT2D eigenvalue weighted by atomic mass is 10.1. The summed E-state index contributed by atoms with van der Waals surface area (Å²) in [5.41, 5.74) is 2.32. The predicted molar refractivity (Wildman–Crippen MR) is 125 cm³/mol. The minimum Gasteiger partial charge on any atom is -0.451 e. The van der Waals surface area contributed by atoms with Crippen molar-refractivity contribution in [3.05, 3.63) is 69.6 Å². The van der Waals surface area contributed by atoms with E-state index in [1.807, 2.05) is 27.7 Å². The first kappa shape index (κ1) is 23.2. The van der Waals surface area contributed by atoms with Crippen molar-refractivity contribution in [2.75, 3.05) is 18.4 Å². The topological polar surface area (TPSA) is 106 Å². The summed E-state index contributed by atoms with van der Waals surface area (Å²) in [5, 5.41) is 3.06. The van der Waals surface area contributed by atoms with E-state index in [0.717, 1.165) is 17.2 Å². The number of ether oxygens (including phenoxy) is 1. The highest BCUT2D eigenvalue weighted by atomic mass is 32.2. The van der Waals surface area contributed by atoms with Crippen molar-refractivity contribution >= 4 is 32.6 Å². The number of hydrogen-bond donors (Lipinski definition) is 1. The Balaban J connectivity index is 1.54. The Hall–Kier alpha value is -3.01. The first-order chi connectivity index (χ1) is 15.5. The maximum Gasteiger partial charge on any atom is 0.291 e. The second-order valence-corrected chi connectivity index (χ2v) is 10.4. The Morgan fingerprint density at radius 2 is 1.61 bits per heavy atom. The van der Waals surface area contributed by atoms with E-state index in [4.69, 9.17) is 9.15 Å². The predicted octanol–water partition coefficient (Wildman–Crippen LogP) is 3.46. The molecule has 0 aliphatic carbocycles. The van der Waals surface area contributed by atoms with Gasteiger partial charge in [0.05, 0.1) is 22.5 Å². The van der Waals surface area contributed by atoms with E-state index in [0.29, 0.717) is 16.7 Å². The number of nitrogens with zero attached hydrogens (tertiary/aromatic N) is 1. The molecule has 8 nitrogen and oxygen atoms in total. The molecule has 0 saturated carbocycles. The van der Waals surface area contributed by atoms with Crippen molar-refractivity contribution in [1.82, 2.24) is 4.31 Å². The lowest BCUT2D eigenvalue weighted by Gasteiger charge is -2.34. The summed E-state index contributed by atoms with van der Waals surface area (Å²) < 4.78 is 38.6. The second-order valence-electron chi connectivity index (χ2n) is 8.47. The van der Waals surface area contributed by atoms with Gasteiger partial charge in [0.15, 0.2) is 11.2 Å². The maximum atomic E-state index is 13.0. The minimum absolute atomic E-state index is 0.122. The van der Waals surface area contributed by atoms with Gasteiger partial charge in [0, 0.05) is 24.8 Å². The van der Waals surface area contributed by atoms with Gasteiger partial charge in [-0.15, -0.1) is 0 Å². The van der Waals surface area contributed by atoms with E-state index in [1.54, 1.807) is 12.1 Å². The molecule has 1 fully saturated rings. The summed E-state index contributed by atoms with van der Waals surface area (Å²) in [4.78, 5) is 25.3. The van der Waals surface area contributed by atoms with Gasteiger partial charge in [0.1, 0.15) is 5.58 Å². The number of carbonyl (C=O) groups excluding carboxylic acids is 1. The Bertz CT molecular complexity index is 1370. The molecule has 1 N–H and O–H groups in total. The van der Waals surface area contributed by atoms with Crippen molar-refractivity contribution in [1.29, 1.82) is 0 Å². The third-order valence-electron chi connectivity index (χ3n) is 5.70. The molecule has 0 spiro atoms. The van der Waals surface area contributed by atoms with E-state index >= 15 is 0 Å².